The van der Waals surface area contributed by atoms with Gasteiger partial charge in [0.2, 0.25) is 5.91 Å². The second-order valence-corrected chi connectivity index (χ2v) is 4.75. The number of methoxy groups -OCH3 is 1. The molecule has 0 aromatic heterocycles. The van der Waals surface area contributed by atoms with Crippen molar-refractivity contribution >= 4 is 17.6 Å². The fourth-order valence-corrected chi connectivity index (χ4v) is 1.53. The van der Waals surface area contributed by atoms with E-state index in [1.165, 1.54) is 33.1 Å². The van der Waals surface area contributed by atoms with E-state index in [2.05, 4.69) is 5.32 Å². The third-order valence-electron chi connectivity index (χ3n) is 2.62. The van der Waals surface area contributed by atoms with Gasteiger partial charge in [0.05, 0.1) is 24.6 Å². The second kappa shape index (κ2) is 5.69. The first-order valence-electron chi connectivity index (χ1n) is 5.63. The van der Waals surface area contributed by atoms with Crippen LogP contribution >= 0.6 is 0 Å². The number of nitrogens with one attached hydrogen (secondary N) is 1. The van der Waals surface area contributed by atoms with E-state index in [9.17, 15) is 14.0 Å². The van der Waals surface area contributed by atoms with Crippen LogP contribution in [0, 0.1) is 11.2 Å². The molecule has 0 aliphatic heterocycles. The monoisotopic (exact) mass is 269 g/mol. The number of amides is 1. The summed E-state index contributed by atoms with van der Waals surface area (Å²) in [5.41, 5.74) is -0.936. The molecule has 0 unspecified atom stereocenters. The number of anilines is 1. The standard InChI is InChI=1S/C13H16FNO4/c1-13(2,7-11(16)17)12(18)15-9-6-8(14)4-5-10(9)19-3/h4-6H,7H2,1-3H3,(H,15,18)(H,16,17). The van der Waals surface area contributed by atoms with Crippen molar-refractivity contribution in [3.05, 3.63) is 24.0 Å². The summed E-state index contributed by atoms with van der Waals surface area (Å²) in [5.74, 6) is -1.81. The fourth-order valence-electron chi connectivity index (χ4n) is 1.53. The van der Waals surface area contributed by atoms with Crippen molar-refractivity contribution in [1.29, 1.82) is 0 Å². The van der Waals surface area contributed by atoms with Crippen LogP contribution in [0.25, 0.3) is 0 Å². The van der Waals surface area contributed by atoms with E-state index in [1.54, 1.807) is 0 Å². The van der Waals surface area contributed by atoms with Crippen molar-refractivity contribution in [1.82, 2.24) is 0 Å². The molecule has 0 aliphatic rings. The summed E-state index contributed by atoms with van der Waals surface area (Å²) in [6, 6.07) is 3.71. The molecule has 104 valence electrons. The molecule has 0 aliphatic carbocycles. The first kappa shape index (κ1) is 14.9. The number of carboxylic acid groups (broad SMARTS) is 1. The molecule has 1 amide bonds. The first-order valence-corrected chi connectivity index (χ1v) is 5.63. The highest BCUT2D eigenvalue weighted by Crippen LogP contribution is 2.28. The number of benzene rings is 1. The molecular weight excluding hydrogens is 253 g/mol. The average Bonchev–Trinajstić information content (AvgIpc) is 2.27. The van der Waals surface area contributed by atoms with E-state index in [1.807, 2.05) is 0 Å². The Bertz CT molecular complexity index is 499. The minimum atomic E-state index is -1.11. The number of hydrogen-bond acceptors (Lipinski definition) is 3. The molecule has 19 heavy (non-hydrogen) atoms. The predicted molar refractivity (Wildman–Crippen MR) is 67.6 cm³/mol. The molecule has 1 aromatic rings. The van der Waals surface area contributed by atoms with Crippen LogP contribution in [0.3, 0.4) is 0 Å². The third kappa shape index (κ3) is 3.94. The molecule has 1 aromatic carbocycles. The predicted octanol–water partition coefficient (Wildman–Crippen LogP) is 2.27. The van der Waals surface area contributed by atoms with E-state index in [-0.39, 0.29) is 12.1 Å². The Hall–Kier alpha value is -2.11. The van der Waals surface area contributed by atoms with Crippen LogP contribution in [0.1, 0.15) is 20.3 Å². The molecule has 2 N–H and O–H groups in total. The summed E-state index contributed by atoms with van der Waals surface area (Å²) in [6.45, 7) is 3.00. The van der Waals surface area contributed by atoms with Crippen molar-refractivity contribution in [2.75, 3.05) is 12.4 Å². The van der Waals surface area contributed by atoms with Gasteiger partial charge in [0.25, 0.3) is 0 Å². The lowest BCUT2D eigenvalue weighted by molar-refractivity contribution is -0.142. The SMILES string of the molecule is COc1ccc(F)cc1NC(=O)C(C)(C)CC(=O)O. The Morgan fingerprint density at radius 1 is 1.42 bits per heavy atom. The molecule has 0 radical (unpaired) electrons. The van der Waals surface area contributed by atoms with Crippen molar-refractivity contribution in [3.8, 4) is 5.75 Å². The van der Waals surface area contributed by atoms with Gasteiger partial charge in [-0.25, -0.2) is 4.39 Å². The van der Waals surface area contributed by atoms with Gasteiger partial charge in [-0.05, 0) is 12.1 Å². The van der Waals surface area contributed by atoms with Gasteiger partial charge >= 0.3 is 5.97 Å². The zero-order valence-corrected chi connectivity index (χ0v) is 11.0. The second-order valence-electron chi connectivity index (χ2n) is 4.75. The maximum absolute atomic E-state index is 13.1. The molecule has 0 atom stereocenters. The van der Waals surface area contributed by atoms with E-state index in [0.717, 1.165) is 6.07 Å². The number of hydrogen-bond donors (Lipinski definition) is 2. The van der Waals surface area contributed by atoms with Gasteiger partial charge < -0.3 is 15.2 Å². The van der Waals surface area contributed by atoms with Crippen LogP contribution in [0.2, 0.25) is 0 Å². The smallest absolute Gasteiger partial charge is 0.304 e. The Morgan fingerprint density at radius 3 is 2.58 bits per heavy atom. The van der Waals surface area contributed by atoms with Crippen molar-refractivity contribution in [2.45, 2.75) is 20.3 Å². The largest absolute Gasteiger partial charge is 0.495 e. The Labute approximate surface area is 110 Å². The van der Waals surface area contributed by atoms with Crippen LogP contribution < -0.4 is 10.1 Å². The minimum absolute atomic E-state index is 0.172. The van der Waals surface area contributed by atoms with Crippen LogP contribution in [0.15, 0.2) is 18.2 Å². The van der Waals surface area contributed by atoms with Crippen LogP contribution in [-0.2, 0) is 9.59 Å². The highest BCUT2D eigenvalue weighted by molar-refractivity contribution is 5.97. The Morgan fingerprint density at radius 2 is 2.05 bits per heavy atom. The number of carbonyl (C=O) groups excluding carboxylic acids is 1. The lowest BCUT2D eigenvalue weighted by atomic mass is 9.88. The molecule has 0 spiro atoms. The number of carboxylic acids is 1. The highest BCUT2D eigenvalue weighted by Gasteiger charge is 2.31. The maximum Gasteiger partial charge on any atom is 0.304 e. The Balaban J connectivity index is 2.93. The molecule has 6 heteroatoms. The van der Waals surface area contributed by atoms with E-state index in [0.29, 0.717) is 5.75 Å². The third-order valence-corrected chi connectivity index (χ3v) is 2.62. The van der Waals surface area contributed by atoms with Crippen molar-refractivity contribution in [3.63, 3.8) is 0 Å². The summed E-state index contributed by atoms with van der Waals surface area (Å²) in [7, 11) is 1.39. The lowest BCUT2D eigenvalue weighted by Crippen LogP contribution is -2.33. The number of rotatable bonds is 5. The van der Waals surface area contributed by atoms with Gasteiger partial charge in [0, 0.05) is 6.07 Å². The maximum atomic E-state index is 13.1. The quantitative estimate of drug-likeness (QED) is 0.859. The summed E-state index contributed by atoms with van der Waals surface area (Å²) >= 11 is 0. The number of aliphatic carboxylic acids is 1. The molecule has 5 nitrogen and oxygen atoms in total. The van der Waals surface area contributed by atoms with Crippen LogP contribution in [0.4, 0.5) is 10.1 Å². The molecule has 1 rings (SSSR count). The molecule has 0 saturated heterocycles. The summed E-state index contributed by atoms with van der Waals surface area (Å²) in [6.07, 6.45) is -0.323. The van der Waals surface area contributed by atoms with Gasteiger partial charge in [-0.2, -0.15) is 0 Å². The normalized spacial score (nSPS) is 10.9. The number of ether oxygens (including phenoxy) is 1. The molecular formula is C13H16FNO4. The van der Waals surface area contributed by atoms with E-state index < -0.39 is 23.1 Å². The average molecular weight is 269 g/mol. The van der Waals surface area contributed by atoms with Crippen molar-refractivity contribution in [2.24, 2.45) is 5.41 Å². The topological polar surface area (TPSA) is 75.6 Å². The van der Waals surface area contributed by atoms with Crippen LogP contribution in [0.5, 0.6) is 5.75 Å². The molecule has 0 bridgehead atoms. The molecule has 0 heterocycles. The summed E-state index contributed by atoms with van der Waals surface area (Å²) in [5, 5.41) is 11.2. The van der Waals surface area contributed by atoms with E-state index in [4.69, 9.17) is 9.84 Å². The van der Waals surface area contributed by atoms with Gasteiger partial charge in [-0.1, -0.05) is 13.8 Å². The van der Waals surface area contributed by atoms with Gasteiger partial charge in [0.15, 0.2) is 0 Å². The minimum Gasteiger partial charge on any atom is -0.495 e. The zero-order valence-electron chi connectivity index (χ0n) is 11.0. The Kier molecular flexibility index (Phi) is 4.47. The zero-order chi connectivity index (χ0) is 14.6. The summed E-state index contributed by atoms with van der Waals surface area (Å²) < 4.78 is 18.1. The van der Waals surface area contributed by atoms with Gasteiger partial charge in [-0.15, -0.1) is 0 Å². The first-order chi connectivity index (χ1) is 8.76. The summed E-state index contributed by atoms with van der Waals surface area (Å²) in [4.78, 5) is 22.7. The number of carbonyl (C=O) groups is 2. The van der Waals surface area contributed by atoms with Gasteiger partial charge in [-0.3, -0.25) is 9.59 Å². The van der Waals surface area contributed by atoms with Crippen molar-refractivity contribution < 1.29 is 23.8 Å². The number of halogens is 1. The highest BCUT2D eigenvalue weighted by atomic mass is 19.1. The van der Waals surface area contributed by atoms with Crippen LogP contribution in [-0.4, -0.2) is 24.1 Å². The molecule has 0 fully saturated rings. The van der Waals surface area contributed by atoms with Gasteiger partial charge in [0.1, 0.15) is 11.6 Å². The fraction of sp³-hybridized carbons (Fsp3) is 0.385. The lowest BCUT2D eigenvalue weighted by Gasteiger charge is -2.22. The van der Waals surface area contributed by atoms with E-state index >= 15 is 0 Å². The molecule has 0 saturated carbocycles.